The van der Waals surface area contributed by atoms with Crippen molar-refractivity contribution < 1.29 is 18.9 Å². The van der Waals surface area contributed by atoms with E-state index in [1.807, 2.05) is 0 Å². The summed E-state index contributed by atoms with van der Waals surface area (Å²) in [6, 6.07) is 0. The van der Waals surface area contributed by atoms with Gasteiger partial charge in [-0.3, -0.25) is 4.52 Å². The van der Waals surface area contributed by atoms with E-state index in [0.29, 0.717) is 0 Å². The van der Waals surface area contributed by atoms with E-state index >= 15 is 0 Å². The van der Waals surface area contributed by atoms with Crippen LogP contribution >= 0.6 is 19.4 Å². The maximum Gasteiger partial charge on any atom is 0.471 e. The molecular formula is C2H9AlClO4P. The van der Waals surface area contributed by atoms with Gasteiger partial charge in [0.05, 0.1) is 0 Å². The molecule has 0 aliphatic rings. The van der Waals surface area contributed by atoms with Crippen molar-refractivity contribution >= 4 is 36.8 Å². The molecule has 0 heterocycles. The number of alkyl halides is 1. The van der Waals surface area contributed by atoms with E-state index in [1.165, 1.54) is 6.92 Å². The molecule has 0 radical (unpaired) electrons. The highest BCUT2D eigenvalue weighted by molar-refractivity contribution is 7.46. The van der Waals surface area contributed by atoms with Gasteiger partial charge >= 0.3 is 7.82 Å². The summed E-state index contributed by atoms with van der Waals surface area (Å²) < 4.78 is 13.7. The van der Waals surface area contributed by atoms with Gasteiger partial charge in [0.1, 0.15) is 5.56 Å². The van der Waals surface area contributed by atoms with Crippen LogP contribution < -0.4 is 0 Å². The topological polar surface area (TPSA) is 66.8 Å². The number of phosphoric ester groups is 1. The molecule has 9 heavy (non-hydrogen) atoms. The monoisotopic (exact) mass is 190 g/mol. The minimum atomic E-state index is -4.35. The van der Waals surface area contributed by atoms with Gasteiger partial charge in [0.2, 0.25) is 0 Å². The Morgan fingerprint density at radius 1 is 1.67 bits per heavy atom. The summed E-state index contributed by atoms with van der Waals surface area (Å²) in [4.78, 5) is 16.0. The molecule has 0 aromatic heterocycles. The molecule has 0 aliphatic carbocycles. The molecule has 2 N–H and O–H groups in total. The van der Waals surface area contributed by atoms with Gasteiger partial charge in [-0.2, -0.15) is 0 Å². The molecule has 56 valence electrons. The lowest BCUT2D eigenvalue weighted by atomic mass is 10.9. The zero-order valence-electron chi connectivity index (χ0n) is 4.11. The van der Waals surface area contributed by atoms with Crippen LogP contribution in [0.4, 0.5) is 0 Å². The van der Waals surface area contributed by atoms with Gasteiger partial charge in [0.15, 0.2) is 17.4 Å². The van der Waals surface area contributed by atoms with Gasteiger partial charge in [0, 0.05) is 0 Å². The van der Waals surface area contributed by atoms with Gasteiger partial charge in [-0.15, -0.1) is 0 Å². The van der Waals surface area contributed by atoms with Crippen molar-refractivity contribution in [1.82, 2.24) is 0 Å². The van der Waals surface area contributed by atoms with Crippen LogP contribution in [0.5, 0.6) is 0 Å². The van der Waals surface area contributed by atoms with Gasteiger partial charge in [0.25, 0.3) is 0 Å². The van der Waals surface area contributed by atoms with Crippen LogP contribution in [0.25, 0.3) is 0 Å². The largest absolute Gasteiger partial charge is 0.471 e. The minimum absolute atomic E-state index is 0. The molecular weight excluding hydrogens is 181 g/mol. The Labute approximate surface area is 68.5 Å². The first-order valence-electron chi connectivity index (χ1n) is 1.80. The number of halogens is 1. The molecule has 4 nitrogen and oxygen atoms in total. The molecule has 0 aromatic carbocycles. The smallest absolute Gasteiger partial charge is 0.303 e. The molecule has 0 saturated carbocycles. The molecule has 0 rings (SSSR count). The first-order valence-corrected chi connectivity index (χ1v) is 3.76. The fourth-order valence-electron chi connectivity index (χ4n) is 0.189. The average Bonchev–Trinajstić information content (AvgIpc) is 1.21. The average molecular weight is 190 g/mol. The normalized spacial score (nSPS) is 14.2. The molecule has 1 atom stereocenters. The summed E-state index contributed by atoms with van der Waals surface area (Å²) in [5.74, 6) is 0. The lowest BCUT2D eigenvalue weighted by molar-refractivity contribution is 0.187. The fraction of sp³-hybridized carbons (Fsp3) is 1.00. The standard InChI is InChI=1S/C2H6ClO4P.Al.3H/c1-2(3)7-8(4,5)6;;;;/h2H,1H3,(H2,4,5,6);;;;. The molecule has 1 unspecified atom stereocenters. The molecule has 0 amide bonds. The van der Waals surface area contributed by atoms with Gasteiger partial charge in [-0.05, 0) is 6.92 Å². The van der Waals surface area contributed by atoms with Crippen molar-refractivity contribution in [3.05, 3.63) is 0 Å². The number of hydrogen-bond acceptors (Lipinski definition) is 2. The van der Waals surface area contributed by atoms with Crippen LogP contribution in [-0.2, 0) is 9.09 Å². The second-order valence-corrected chi connectivity index (χ2v) is 2.95. The van der Waals surface area contributed by atoms with Crippen molar-refractivity contribution in [3.8, 4) is 0 Å². The van der Waals surface area contributed by atoms with Crippen molar-refractivity contribution in [2.24, 2.45) is 0 Å². The first-order chi connectivity index (χ1) is 3.42. The molecule has 0 aliphatic heterocycles. The third-order valence-electron chi connectivity index (χ3n) is 0.283. The van der Waals surface area contributed by atoms with Crippen LogP contribution in [0.2, 0.25) is 0 Å². The highest BCUT2D eigenvalue weighted by Crippen LogP contribution is 2.38. The molecule has 0 bridgehead atoms. The third kappa shape index (κ3) is 12.2. The Bertz CT molecular complexity index is 111. The SMILES string of the molecule is CC(Cl)OP(=O)(O)O.[AlH3]. The lowest BCUT2D eigenvalue weighted by Gasteiger charge is -2.04. The van der Waals surface area contributed by atoms with Gasteiger partial charge < -0.3 is 9.79 Å². The number of phosphoric acid groups is 1. The molecule has 7 heteroatoms. The van der Waals surface area contributed by atoms with Crippen molar-refractivity contribution in [2.75, 3.05) is 0 Å². The predicted molar refractivity (Wildman–Crippen MR) is 38.4 cm³/mol. The van der Waals surface area contributed by atoms with Crippen molar-refractivity contribution in [1.29, 1.82) is 0 Å². The number of hydrogen-bond donors (Lipinski definition) is 2. The fourth-order valence-corrected chi connectivity index (χ4v) is 0.879. The second kappa shape index (κ2) is 4.70. The quantitative estimate of drug-likeness (QED) is 0.350. The molecule has 0 spiro atoms. The first kappa shape index (κ1) is 12.6. The Hall–Kier alpha value is 0.932. The Morgan fingerprint density at radius 3 is 2.00 bits per heavy atom. The van der Waals surface area contributed by atoms with E-state index in [-0.39, 0.29) is 17.4 Å². The third-order valence-corrected chi connectivity index (χ3v) is 1.09. The van der Waals surface area contributed by atoms with E-state index in [4.69, 9.17) is 21.4 Å². The second-order valence-electron chi connectivity index (χ2n) is 1.14. The van der Waals surface area contributed by atoms with Crippen molar-refractivity contribution in [2.45, 2.75) is 12.5 Å². The van der Waals surface area contributed by atoms with Crippen LogP contribution in [0.3, 0.4) is 0 Å². The Morgan fingerprint density at radius 2 is 2.00 bits per heavy atom. The summed E-state index contributed by atoms with van der Waals surface area (Å²) in [6.07, 6.45) is 0. The Kier molecular flexibility index (Phi) is 6.58. The molecule has 0 fully saturated rings. The maximum atomic E-state index is 9.83. The summed E-state index contributed by atoms with van der Waals surface area (Å²) >= 11 is 5.05. The van der Waals surface area contributed by atoms with E-state index in [9.17, 15) is 4.57 Å². The Balaban J connectivity index is 0. The highest BCUT2D eigenvalue weighted by Gasteiger charge is 2.16. The van der Waals surface area contributed by atoms with Crippen LogP contribution in [0.15, 0.2) is 0 Å². The van der Waals surface area contributed by atoms with Gasteiger partial charge in [-0.1, -0.05) is 11.6 Å². The van der Waals surface area contributed by atoms with E-state index in [1.54, 1.807) is 0 Å². The van der Waals surface area contributed by atoms with Crippen LogP contribution in [-0.4, -0.2) is 32.7 Å². The summed E-state index contributed by atoms with van der Waals surface area (Å²) in [5.41, 5.74) is -0.948. The van der Waals surface area contributed by atoms with E-state index in [2.05, 4.69) is 4.52 Å². The summed E-state index contributed by atoms with van der Waals surface area (Å²) in [5, 5.41) is 0. The van der Waals surface area contributed by atoms with Crippen LogP contribution in [0, 0.1) is 0 Å². The minimum Gasteiger partial charge on any atom is -0.303 e. The molecule has 0 aromatic rings. The lowest BCUT2D eigenvalue weighted by Crippen LogP contribution is -1.95. The highest BCUT2D eigenvalue weighted by atomic mass is 35.5. The van der Waals surface area contributed by atoms with E-state index < -0.39 is 13.4 Å². The number of rotatable bonds is 2. The summed E-state index contributed by atoms with van der Waals surface area (Å²) in [6.45, 7) is 1.32. The maximum absolute atomic E-state index is 9.83. The zero-order valence-corrected chi connectivity index (χ0v) is 5.76. The summed E-state index contributed by atoms with van der Waals surface area (Å²) in [7, 11) is -4.35. The van der Waals surface area contributed by atoms with Crippen LogP contribution in [0.1, 0.15) is 6.92 Å². The van der Waals surface area contributed by atoms with Crippen molar-refractivity contribution in [3.63, 3.8) is 0 Å². The predicted octanol–water partition coefficient (Wildman–Crippen LogP) is -0.503. The van der Waals surface area contributed by atoms with Gasteiger partial charge in [-0.25, -0.2) is 4.57 Å². The van der Waals surface area contributed by atoms with E-state index in [0.717, 1.165) is 0 Å². The zero-order chi connectivity index (χ0) is 6.78. The molecule has 0 saturated heterocycles.